The van der Waals surface area contributed by atoms with Gasteiger partial charge in [0.1, 0.15) is 16.4 Å². The number of halogens is 2. The molecule has 2 aromatic rings. The lowest BCUT2D eigenvalue weighted by Gasteiger charge is -2.12. The Labute approximate surface area is 136 Å². The van der Waals surface area contributed by atoms with Gasteiger partial charge in [-0.15, -0.1) is 0 Å². The van der Waals surface area contributed by atoms with E-state index in [4.69, 9.17) is 4.74 Å². The Bertz CT molecular complexity index is 797. The van der Waals surface area contributed by atoms with Crippen LogP contribution in [0.1, 0.15) is 12.5 Å². The number of sulfonamides is 1. The van der Waals surface area contributed by atoms with Crippen LogP contribution in [0.25, 0.3) is 0 Å². The minimum absolute atomic E-state index is 0.0948. The third-order valence-corrected chi connectivity index (χ3v) is 4.78. The van der Waals surface area contributed by atoms with E-state index in [-0.39, 0.29) is 11.6 Å². The lowest BCUT2D eigenvalue weighted by molar-refractivity contribution is 0.400. The Balaban J connectivity index is 2.42. The molecule has 1 heterocycles. The van der Waals surface area contributed by atoms with Gasteiger partial charge in [0.05, 0.1) is 7.11 Å². The quantitative estimate of drug-likeness (QED) is 0.852. The summed E-state index contributed by atoms with van der Waals surface area (Å²) in [7, 11) is -2.72. The largest absolute Gasteiger partial charge is 0.479 e. The van der Waals surface area contributed by atoms with E-state index in [1.54, 1.807) is 6.07 Å². The standard InChI is InChI=1S/C14H14BrFN2O3S/c1-3-9-4-5-13(11(16)6-9)22(19,20)18-12-7-10(15)8-17-14(12)21-2/h4-8,18H,3H2,1-2H3. The Hall–Kier alpha value is -1.67. The molecule has 0 aliphatic carbocycles. The van der Waals surface area contributed by atoms with Crippen LogP contribution in [-0.4, -0.2) is 20.5 Å². The predicted octanol–water partition coefficient (Wildman–Crippen LogP) is 3.36. The highest BCUT2D eigenvalue weighted by atomic mass is 79.9. The Morgan fingerprint density at radius 2 is 2.09 bits per heavy atom. The zero-order chi connectivity index (χ0) is 16.3. The van der Waals surface area contributed by atoms with Gasteiger partial charge in [0, 0.05) is 10.7 Å². The maximum absolute atomic E-state index is 14.0. The number of hydrogen-bond donors (Lipinski definition) is 1. The molecule has 0 bridgehead atoms. The summed E-state index contributed by atoms with van der Waals surface area (Å²) in [6.45, 7) is 1.86. The SMILES string of the molecule is CCc1ccc(S(=O)(=O)Nc2cc(Br)cnc2OC)c(F)c1. The summed E-state index contributed by atoms with van der Waals surface area (Å²) in [5, 5.41) is 0. The molecule has 2 rings (SSSR count). The van der Waals surface area contributed by atoms with Crippen molar-refractivity contribution in [3.05, 3.63) is 46.3 Å². The first-order valence-electron chi connectivity index (χ1n) is 6.38. The van der Waals surface area contributed by atoms with E-state index in [0.717, 1.165) is 5.56 Å². The lowest BCUT2D eigenvalue weighted by atomic mass is 10.2. The zero-order valence-corrected chi connectivity index (χ0v) is 14.3. The van der Waals surface area contributed by atoms with Crippen LogP contribution < -0.4 is 9.46 Å². The molecule has 22 heavy (non-hydrogen) atoms. The predicted molar refractivity (Wildman–Crippen MR) is 85.1 cm³/mol. The molecule has 0 aliphatic heterocycles. The van der Waals surface area contributed by atoms with Crippen molar-refractivity contribution in [1.29, 1.82) is 0 Å². The minimum atomic E-state index is -4.08. The van der Waals surface area contributed by atoms with Crippen molar-refractivity contribution >= 4 is 31.6 Å². The minimum Gasteiger partial charge on any atom is -0.479 e. The van der Waals surface area contributed by atoms with Crippen LogP contribution in [0.4, 0.5) is 10.1 Å². The van der Waals surface area contributed by atoms with Gasteiger partial charge >= 0.3 is 0 Å². The van der Waals surface area contributed by atoms with Gasteiger partial charge in [-0.25, -0.2) is 17.8 Å². The van der Waals surface area contributed by atoms with Crippen molar-refractivity contribution in [1.82, 2.24) is 4.98 Å². The van der Waals surface area contributed by atoms with Crippen molar-refractivity contribution in [2.24, 2.45) is 0 Å². The molecule has 0 atom stereocenters. The summed E-state index contributed by atoms with van der Waals surface area (Å²) in [6, 6.07) is 5.52. The molecule has 1 N–H and O–H groups in total. The average Bonchev–Trinajstić information content (AvgIpc) is 2.46. The first kappa shape index (κ1) is 16.7. The number of methoxy groups -OCH3 is 1. The van der Waals surface area contributed by atoms with E-state index in [2.05, 4.69) is 25.6 Å². The molecule has 0 amide bonds. The summed E-state index contributed by atoms with van der Waals surface area (Å²) in [6.07, 6.45) is 2.08. The Kier molecular flexibility index (Phi) is 5.02. The van der Waals surface area contributed by atoms with Crippen LogP contribution in [-0.2, 0) is 16.4 Å². The second-order valence-electron chi connectivity index (χ2n) is 4.43. The number of nitrogens with one attached hydrogen (secondary N) is 1. The molecule has 0 spiro atoms. The maximum Gasteiger partial charge on any atom is 0.264 e. The van der Waals surface area contributed by atoms with Crippen molar-refractivity contribution in [3.8, 4) is 5.88 Å². The summed E-state index contributed by atoms with van der Waals surface area (Å²) < 4.78 is 46.6. The maximum atomic E-state index is 14.0. The highest BCUT2D eigenvalue weighted by molar-refractivity contribution is 9.10. The molecule has 1 aromatic carbocycles. The Morgan fingerprint density at radius 3 is 2.68 bits per heavy atom. The first-order chi connectivity index (χ1) is 10.4. The normalized spacial score (nSPS) is 11.3. The topological polar surface area (TPSA) is 68.3 Å². The lowest BCUT2D eigenvalue weighted by Crippen LogP contribution is -2.15. The average molecular weight is 389 g/mol. The van der Waals surface area contributed by atoms with Crippen LogP contribution in [0.3, 0.4) is 0 Å². The monoisotopic (exact) mass is 388 g/mol. The number of pyridine rings is 1. The van der Waals surface area contributed by atoms with Gasteiger partial charge in [-0.2, -0.15) is 0 Å². The van der Waals surface area contributed by atoms with E-state index >= 15 is 0 Å². The summed E-state index contributed by atoms with van der Waals surface area (Å²) in [5.74, 6) is -0.703. The smallest absolute Gasteiger partial charge is 0.264 e. The van der Waals surface area contributed by atoms with Crippen LogP contribution in [0.2, 0.25) is 0 Å². The fourth-order valence-electron chi connectivity index (χ4n) is 1.84. The van der Waals surface area contributed by atoms with Crippen LogP contribution >= 0.6 is 15.9 Å². The van der Waals surface area contributed by atoms with Gasteiger partial charge in [0.25, 0.3) is 10.0 Å². The highest BCUT2D eigenvalue weighted by Crippen LogP contribution is 2.28. The Morgan fingerprint density at radius 1 is 1.36 bits per heavy atom. The van der Waals surface area contributed by atoms with E-state index in [1.165, 1.54) is 31.5 Å². The summed E-state index contributed by atoms with van der Waals surface area (Å²) >= 11 is 3.20. The number of benzene rings is 1. The third-order valence-electron chi connectivity index (χ3n) is 2.95. The number of hydrogen-bond acceptors (Lipinski definition) is 4. The first-order valence-corrected chi connectivity index (χ1v) is 8.65. The highest BCUT2D eigenvalue weighted by Gasteiger charge is 2.21. The van der Waals surface area contributed by atoms with E-state index < -0.39 is 20.7 Å². The molecule has 0 saturated carbocycles. The third kappa shape index (κ3) is 3.56. The number of nitrogens with zero attached hydrogens (tertiary/aromatic N) is 1. The van der Waals surface area contributed by atoms with Crippen LogP contribution in [0, 0.1) is 5.82 Å². The van der Waals surface area contributed by atoms with Crippen molar-refractivity contribution in [2.45, 2.75) is 18.2 Å². The van der Waals surface area contributed by atoms with Gasteiger partial charge in [-0.3, -0.25) is 4.72 Å². The molecule has 1 aromatic heterocycles. The number of rotatable bonds is 5. The molecule has 0 aliphatic rings. The number of aryl methyl sites for hydroxylation is 1. The second kappa shape index (κ2) is 6.62. The fourth-order valence-corrected chi connectivity index (χ4v) is 3.28. The van der Waals surface area contributed by atoms with Crippen molar-refractivity contribution in [2.75, 3.05) is 11.8 Å². The molecule has 118 valence electrons. The summed E-state index contributed by atoms with van der Waals surface area (Å²) in [5.41, 5.74) is 0.842. The number of anilines is 1. The fraction of sp³-hybridized carbons (Fsp3) is 0.214. The molecular weight excluding hydrogens is 375 g/mol. The van der Waals surface area contributed by atoms with Gasteiger partial charge < -0.3 is 4.74 Å². The molecular formula is C14H14BrFN2O3S. The molecule has 5 nitrogen and oxygen atoms in total. The van der Waals surface area contributed by atoms with E-state index in [1.807, 2.05) is 6.92 Å². The molecule has 0 radical (unpaired) electrons. The van der Waals surface area contributed by atoms with Gasteiger partial charge in [0.2, 0.25) is 5.88 Å². The van der Waals surface area contributed by atoms with E-state index in [0.29, 0.717) is 10.9 Å². The molecule has 0 unspecified atom stereocenters. The van der Waals surface area contributed by atoms with Gasteiger partial charge in [-0.05, 0) is 46.1 Å². The zero-order valence-electron chi connectivity index (χ0n) is 11.9. The van der Waals surface area contributed by atoms with Crippen LogP contribution in [0.5, 0.6) is 5.88 Å². The molecule has 8 heteroatoms. The van der Waals surface area contributed by atoms with Crippen molar-refractivity contribution in [3.63, 3.8) is 0 Å². The molecule has 0 fully saturated rings. The van der Waals surface area contributed by atoms with Crippen LogP contribution in [0.15, 0.2) is 39.8 Å². The van der Waals surface area contributed by atoms with Gasteiger partial charge in [-0.1, -0.05) is 13.0 Å². The molecule has 0 saturated heterocycles. The van der Waals surface area contributed by atoms with E-state index in [9.17, 15) is 12.8 Å². The summed E-state index contributed by atoms with van der Waals surface area (Å²) in [4.78, 5) is 3.51. The number of ether oxygens (including phenoxy) is 1. The second-order valence-corrected chi connectivity index (χ2v) is 7.00. The number of aromatic nitrogens is 1. The van der Waals surface area contributed by atoms with Crippen molar-refractivity contribution < 1.29 is 17.5 Å². The van der Waals surface area contributed by atoms with Gasteiger partial charge in [0.15, 0.2) is 0 Å².